The van der Waals surface area contributed by atoms with E-state index in [1.807, 2.05) is 0 Å². The third-order valence-corrected chi connectivity index (χ3v) is 1.06. The fraction of sp³-hybridized carbons (Fsp3) is 0.800. The summed E-state index contributed by atoms with van der Waals surface area (Å²) in [5.41, 5.74) is 0. The van der Waals surface area contributed by atoms with Crippen LogP contribution >= 0.6 is 11.6 Å². The van der Waals surface area contributed by atoms with Crippen LogP contribution in [0.1, 0.15) is 13.3 Å². The van der Waals surface area contributed by atoms with Crippen molar-refractivity contribution in [2.75, 3.05) is 5.88 Å². The van der Waals surface area contributed by atoms with Gasteiger partial charge in [-0.25, -0.2) is 0 Å². The van der Waals surface area contributed by atoms with Gasteiger partial charge in [0.1, 0.15) is 5.78 Å². The highest BCUT2D eigenvalue weighted by Gasteiger charge is 2.03. The number of carbonyl (C=O) groups excluding carboxylic acids is 1. The predicted octanol–water partition coefficient (Wildman–Crippen LogP) is 0.565. The van der Waals surface area contributed by atoms with Gasteiger partial charge in [-0.3, -0.25) is 4.79 Å². The minimum atomic E-state index is -0.658. The fourth-order valence-corrected chi connectivity index (χ4v) is 0.495. The summed E-state index contributed by atoms with van der Waals surface area (Å²) < 4.78 is 0. The summed E-state index contributed by atoms with van der Waals surface area (Å²) in [5.74, 6) is 0.109. The highest BCUT2D eigenvalue weighted by Crippen LogP contribution is 1.93. The van der Waals surface area contributed by atoms with Gasteiger partial charge in [0.2, 0.25) is 0 Å². The zero-order valence-electron chi connectivity index (χ0n) is 4.72. The molecule has 0 aliphatic carbocycles. The first-order chi connectivity index (χ1) is 3.66. The number of Topliss-reactive ketones (excluding diaryl/α,β-unsaturated/α-hetero) is 1. The van der Waals surface area contributed by atoms with Gasteiger partial charge in [0.15, 0.2) is 0 Å². The number of rotatable bonds is 3. The lowest BCUT2D eigenvalue weighted by atomic mass is 10.2. The summed E-state index contributed by atoms with van der Waals surface area (Å²) in [5, 5.41) is 8.68. The lowest BCUT2D eigenvalue weighted by Crippen LogP contribution is -2.12. The number of hydrogen-bond acceptors (Lipinski definition) is 2. The van der Waals surface area contributed by atoms with Crippen LogP contribution in [-0.2, 0) is 4.79 Å². The lowest BCUT2D eigenvalue weighted by Gasteiger charge is -1.99. The summed E-state index contributed by atoms with van der Waals surface area (Å²) in [4.78, 5) is 10.2. The van der Waals surface area contributed by atoms with Crippen molar-refractivity contribution in [2.24, 2.45) is 0 Å². The van der Waals surface area contributed by atoms with Crippen LogP contribution in [-0.4, -0.2) is 22.9 Å². The number of alkyl halides is 1. The van der Waals surface area contributed by atoms with Gasteiger partial charge in [-0.1, -0.05) is 0 Å². The molecule has 0 unspecified atom stereocenters. The van der Waals surface area contributed by atoms with E-state index in [2.05, 4.69) is 0 Å². The van der Waals surface area contributed by atoms with E-state index in [1.54, 1.807) is 0 Å². The zero-order valence-corrected chi connectivity index (χ0v) is 5.48. The number of carbonyl (C=O) groups is 1. The molecule has 0 aliphatic heterocycles. The largest absolute Gasteiger partial charge is 0.391 e. The SMILES string of the molecule is CC(=O)C[C@@H](O)CCl. The highest BCUT2D eigenvalue weighted by atomic mass is 35.5. The van der Waals surface area contributed by atoms with Crippen molar-refractivity contribution in [3.63, 3.8) is 0 Å². The van der Waals surface area contributed by atoms with Gasteiger partial charge in [-0.2, -0.15) is 0 Å². The van der Waals surface area contributed by atoms with Crippen molar-refractivity contribution >= 4 is 17.4 Å². The second-order valence-electron chi connectivity index (χ2n) is 1.71. The van der Waals surface area contributed by atoms with Crippen LogP contribution in [0.3, 0.4) is 0 Å². The molecule has 3 heteroatoms. The Morgan fingerprint density at radius 1 is 1.88 bits per heavy atom. The number of hydrogen-bond donors (Lipinski definition) is 1. The average molecular weight is 137 g/mol. The Morgan fingerprint density at radius 3 is 2.50 bits per heavy atom. The van der Waals surface area contributed by atoms with Gasteiger partial charge >= 0.3 is 0 Å². The molecule has 0 aromatic carbocycles. The highest BCUT2D eigenvalue weighted by molar-refractivity contribution is 6.18. The quantitative estimate of drug-likeness (QED) is 0.576. The minimum Gasteiger partial charge on any atom is -0.391 e. The summed E-state index contributed by atoms with van der Waals surface area (Å²) in [6, 6.07) is 0. The van der Waals surface area contributed by atoms with Crippen LogP contribution in [0, 0.1) is 0 Å². The lowest BCUT2D eigenvalue weighted by molar-refractivity contribution is -0.118. The van der Waals surface area contributed by atoms with E-state index in [0.29, 0.717) is 0 Å². The van der Waals surface area contributed by atoms with Gasteiger partial charge < -0.3 is 5.11 Å². The third kappa shape index (κ3) is 4.09. The molecule has 0 bridgehead atoms. The van der Waals surface area contributed by atoms with E-state index in [4.69, 9.17) is 16.7 Å². The van der Waals surface area contributed by atoms with Gasteiger partial charge in [0.25, 0.3) is 0 Å². The van der Waals surface area contributed by atoms with Crippen LogP contribution in [0.4, 0.5) is 0 Å². The Hall–Kier alpha value is -0.0800. The molecule has 0 rings (SSSR count). The minimum absolute atomic E-state index is 0.0295. The van der Waals surface area contributed by atoms with E-state index >= 15 is 0 Å². The van der Waals surface area contributed by atoms with Gasteiger partial charge in [0.05, 0.1) is 6.10 Å². The molecule has 0 aromatic rings. The van der Waals surface area contributed by atoms with Crippen LogP contribution in [0.25, 0.3) is 0 Å². The van der Waals surface area contributed by atoms with E-state index in [0.717, 1.165) is 0 Å². The molecule has 0 spiro atoms. The Labute approximate surface area is 53.5 Å². The van der Waals surface area contributed by atoms with Crippen molar-refractivity contribution < 1.29 is 9.90 Å². The topological polar surface area (TPSA) is 37.3 Å². The number of aliphatic hydroxyl groups is 1. The van der Waals surface area contributed by atoms with Crippen LogP contribution in [0.5, 0.6) is 0 Å². The third-order valence-electron chi connectivity index (χ3n) is 0.701. The molecule has 0 heterocycles. The average Bonchev–Trinajstić information content (AvgIpc) is 1.65. The predicted molar refractivity (Wildman–Crippen MR) is 32.0 cm³/mol. The van der Waals surface area contributed by atoms with Crippen molar-refractivity contribution in [2.45, 2.75) is 19.4 Å². The molecule has 48 valence electrons. The first-order valence-corrected chi connectivity index (χ1v) is 2.93. The number of halogens is 1. The van der Waals surface area contributed by atoms with E-state index in [9.17, 15) is 4.79 Å². The molecule has 0 fully saturated rings. The maximum atomic E-state index is 10.2. The first-order valence-electron chi connectivity index (χ1n) is 2.40. The maximum absolute atomic E-state index is 10.2. The molecule has 0 aromatic heterocycles. The molecule has 1 atom stereocenters. The zero-order chi connectivity index (χ0) is 6.57. The molecule has 2 nitrogen and oxygen atoms in total. The van der Waals surface area contributed by atoms with E-state index in [-0.39, 0.29) is 18.1 Å². The second-order valence-corrected chi connectivity index (χ2v) is 2.02. The Bertz CT molecular complexity index is 82.5. The Morgan fingerprint density at radius 2 is 2.38 bits per heavy atom. The molecule has 0 saturated carbocycles. The van der Waals surface area contributed by atoms with Crippen molar-refractivity contribution in [1.82, 2.24) is 0 Å². The molecule has 1 N–H and O–H groups in total. The molecule has 0 radical (unpaired) electrons. The summed E-state index contributed by atoms with van der Waals surface area (Å²) in [6.45, 7) is 1.43. The maximum Gasteiger partial charge on any atom is 0.132 e. The molecule has 0 aliphatic rings. The molecular weight excluding hydrogens is 128 g/mol. The summed E-state index contributed by atoms with van der Waals surface area (Å²) in [6.07, 6.45) is -0.488. The fourth-order valence-electron chi connectivity index (χ4n) is 0.386. The van der Waals surface area contributed by atoms with Crippen LogP contribution in [0.2, 0.25) is 0 Å². The first kappa shape index (κ1) is 7.92. The van der Waals surface area contributed by atoms with Crippen LogP contribution in [0.15, 0.2) is 0 Å². The normalized spacial score (nSPS) is 13.4. The second kappa shape index (κ2) is 3.87. The van der Waals surface area contributed by atoms with Crippen molar-refractivity contribution in [3.8, 4) is 0 Å². The van der Waals surface area contributed by atoms with Crippen molar-refractivity contribution in [3.05, 3.63) is 0 Å². The number of ketones is 1. The van der Waals surface area contributed by atoms with Gasteiger partial charge in [-0.15, -0.1) is 11.6 Å². The molecule has 0 amide bonds. The van der Waals surface area contributed by atoms with Gasteiger partial charge in [0, 0.05) is 12.3 Å². The van der Waals surface area contributed by atoms with Crippen molar-refractivity contribution in [1.29, 1.82) is 0 Å². The Balaban J connectivity index is 3.24. The molecular formula is C5H9ClO2. The van der Waals surface area contributed by atoms with E-state index in [1.165, 1.54) is 6.92 Å². The summed E-state index contributed by atoms with van der Waals surface area (Å²) >= 11 is 5.19. The standard InChI is InChI=1S/C5H9ClO2/c1-4(7)2-5(8)3-6/h5,8H,2-3H2,1H3/t5-/m1/s1. The smallest absolute Gasteiger partial charge is 0.132 e. The van der Waals surface area contributed by atoms with Crippen LogP contribution < -0.4 is 0 Å². The Kier molecular flexibility index (Phi) is 3.83. The van der Waals surface area contributed by atoms with E-state index < -0.39 is 6.10 Å². The molecule has 0 saturated heterocycles. The number of aliphatic hydroxyl groups excluding tert-OH is 1. The summed E-state index contributed by atoms with van der Waals surface area (Å²) in [7, 11) is 0. The monoisotopic (exact) mass is 136 g/mol. The van der Waals surface area contributed by atoms with Gasteiger partial charge in [-0.05, 0) is 6.92 Å². The molecule has 8 heavy (non-hydrogen) atoms.